The first-order chi connectivity index (χ1) is 16.7. The molecule has 3 amide bonds. The van der Waals surface area contributed by atoms with Crippen LogP contribution in [0.15, 0.2) is 35.7 Å². The number of nitrogens with two attached hydrogens (primary N) is 1. The van der Waals surface area contributed by atoms with E-state index in [-0.39, 0.29) is 24.2 Å². The molecule has 2 aromatic rings. The Morgan fingerprint density at radius 1 is 1.30 bits per heavy atom. The smallest absolute Gasteiger partial charge is 0.269 e. The summed E-state index contributed by atoms with van der Waals surface area (Å²) in [6.45, 7) is -7.59. The monoisotopic (exact) mass is 419 g/mol. The maximum absolute atomic E-state index is 14.6. The number of primary amides is 1. The van der Waals surface area contributed by atoms with Crippen LogP contribution in [0.3, 0.4) is 0 Å². The fourth-order valence-electron chi connectivity index (χ4n) is 4.06. The lowest BCUT2D eigenvalue weighted by Gasteiger charge is -2.27. The first-order valence-corrected chi connectivity index (χ1v) is 9.44. The first kappa shape index (κ1) is 13.9. The van der Waals surface area contributed by atoms with E-state index in [1.165, 1.54) is 9.58 Å². The summed E-state index contributed by atoms with van der Waals surface area (Å²) in [6, 6.07) is 5.64. The normalized spacial score (nSPS) is 25.8. The minimum atomic E-state index is -3.20. The minimum absolute atomic E-state index is 0.0139. The minimum Gasteiger partial charge on any atom is -0.364 e. The van der Waals surface area contributed by atoms with Crippen LogP contribution in [0.5, 0.6) is 0 Å². The third-order valence-corrected chi connectivity index (χ3v) is 5.56. The average molecular weight is 419 g/mol. The van der Waals surface area contributed by atoms with Crippen molar-refractivity contribution in [2.75, 3.05) is 6.54 Å². The Bertz CT molecular complexity index is 1250. The number of benzene rings is 1. The molecule has 2 aliphatic rings. The molecule has 2 fully saturated rings. The van der Waals surface area contributed by atoms with Gasteiger partial charge in [-0.05, 0) is 44.1 Å². The fourth-order valence-corrected chi connectivity index (χ4v) is 4.06. The van der Waals surface area contributed by atoms with Gasteiger partial charge >= 0.3 is 0 Å². The molecule has 158 valence electrons. The van der Waals surface area contributed by atoms with Crippen LogP contribution in [0.25, 0.3) is 10.9 Å². The Kier molecular flexibility index (Phi) is 3.50. The van der Waals surface area contributed by atoms with Crippen LogP contribution in [0.1, 0.15) is 45.3 Å². The maximum Gasteiger partial charge on any atom is 0.269 e. The van der Waals surface area contributed by atoms with Gasteiger partial charge in [0.05, 0.1) is 12.1 Å². The van der Waals surface area contributed by atoms with Gasteiger partial charge in [0.15, 0.2) is 5.69 Å². The molecule has 0 unspecified atom stereocenters. The molecule has 30 heavy (non-hydrogen) atoms. The molecule has 4 rings (SSSR count). The summed E-state index contributed by atoms with van der Waals surface area (Å²) in [4.78, 5) is 39.2. The van der Waals surface area contributed by atoms with Gasteiger partial charge in [-0.1, -0.05) is 18.2 Å². The molecule has 1 saturated heterocycles. The Balaban J connectivity index is 1.51. The highest BCUT2D eigenvalue weighted by Gasteiger charge is 2.55. The predicted octanol–water partition coefficient (Wildman–Crippen LogP) is 1.50. The number of rotatable bonds is 6. The van der Waals surface area contributed by atoms with Crippen molar-refractivity contribution >= 4 is 28.6 Å². The molecule has 1 aromatic heterocycles. The van der Waals surface area contributed by atoms with Crippen molar-refractivity contribution in [2.45, 2.75) is 45.2 Å². The topological polar surface area (TPSA) is 110 Å². The van der Waals surface area contributed by atoms with Crippen LogP contribution in [-0.4, -0.2) is 51.0 Å². The van der Waals surface area contributed by atoms with Crippen molar-refractivity contribution in [1.29, 1.82) is 0 Å². The van der Waals surface area contributed by atoms with Crippen molar-refractivity contribution in [3.05, 3.63) is 41.4 Å². The SMILES string of the molecule is [2H]C([2H])([2H])C(=C(F)CNC(=O)[C@@H]1C[C@H]2C[C@H]2N1C(=O)Cn1nc(C(N)=O)c2ccccc21)C([2H])([2H])[2H]. The highest BCUT2D eigenvalue weighted by molar-refractivity contribution is 6.04. The molecule has 9 heteroatoms. The van der Waals surface area contributed by atoms with E-state index in [1.807, 2.05) is 0 Å². The fraction of sp³-hybridized carbons (Fsp3) is 0.429. The second-order valence-corrected chi connectivity index (χ2v) is 7.50. The zero-order valence-corrected chi connectivity index (χ0v) is 15.9. The van der Waals surface area contributed by atoms with Crippen LogP contribution in [0.2, 0.25) is 0 Å². The molecule has 3 atom stereocenters. The van der Waals surface area contributed by atoms with Gasteiger partial charge in [-0.2, -0.15) is 5.10 Å². The number of allylic oxidation sites excluding steroid dienone is 1. The van der Waals surface area contributed by atoms with E-state index in [2.05, 4.69) is 10.4 Å². The molecular formula is C21H24FN5O3. The zero-order chi connectivity index (χ0) is 26.6. The van der Waals surface area contributed by atoms with Crippen LogP contribution in [-0.2, 0) is 16.1 Å². The van der Waals surface area contributed by atoms with E-state index in [0.29, 0.717) is 23.7 Å². The van der Waals surface area contributed by atoms with Crippen molar-refractivity contribution in [2.24, 2.45) is 11.7 Å². The second kappa shape index (κ2) is 7.55. The third kappa shape index (κ3) is 3.55. The Morgan fingerprint density at radius 3 is 2.80 bits per heavy atom. The number of amides is 3. The number of fused-ring (bicyclic) bond motifs is 2. The van der Waals surface area contributed by atoms with Crippen molar-refractivity contribution in [3.8, 4) is 0 Å². The van der Waals surface area contributed by atoms with Gasteiger partial charge in [0.1, 0.15) is 18.4 Å². The summed E-state index contributed by atoms with van der Waals surface area (Å²) in [5.41, 5.74) is 4.59. The Morgan fingerprint density at radius 2 is 2.07 bits per heavy atom. The summed E-state index contributed by atoms with van der Waals surface area (Å²) < 4.78 is 59.8. The molecule has 0 bridgehead atoms. The molecule has 1 aliphatic heterocycles. The lowest BCUT2D eigenvalue weighted by molar-refractivity contribution is -0.140. The standard InChI is InChI=1S/C21H24FN5O3/c1-11(2)14(22)9-24-21(30)17-8-12-7-16(12)27(17)18(28)10-26-15-6-4-3-5-13(15)19(25-26)20(23)29/h3-6,12,16-17H,7-10H2,1-2H3,(H2,23,29)(H,24,30)/t12-,16-,17+/m1/s1/i1D3,2D3. The summed E-state index contributed by atoms with van der Waals surface area (Å²) in [6.07, 6.45) is 1.05. The van der Waals surface area contributed by atoms with Gasteiger partial charge in [0, 0.05) is 19.7 Å². The number of nitrogens with zero attached hydrogens (tertiary/aromatic N) is 3. The van der Waals surface area contributed by atoms with Gasteiger partial charge in [0.2, 0.25) is 11.8 Å². The third-order valence-electron chi connectivity index (χ3n) is 5.56. The number of para-hydroxylation sites is 1. The number of carbonyl (C=O) groups is 3. The molecule has 2 heterocycles. The van der Waals surface area contributed by atoms with Crippen molar-refractivity contribution in [1.82, 2.24) is 20.0 Å². The molecular weight excluding hydrogens is 389 g/mol. The number of hydrogen-bond acceptors (Lipinski definition) is 4. The van der Waals surface area contributed by atoms with Crippen LogP contribution in [0, 0.1) is 5.92 Å². The number of hydrogen-bond donors (Lipinski definition) is 2. The van der Waals surface area contributed by atoms with Crippen LogP contribution >= 0.6 is 0 Å². The first-order valence-electron chi connectivity index (χ1n) is 12.4. The molecule has 0 spiro atoms. The number of nitrogens with one attached hydrogen (secondary N) is 1. The number of likely N-dealkylation sites (tertiary alicyclic amines) is 1. The molecule has 1 aliphatic carbocycles. The molecule has 8 nitrogen and oxygen atoms in total. The van der Waals surface area contributed by atoms with Gasteiger partial charge in [0.25, 0.3) is 5.91 Å². The lowest BCUT2D eigenvalue weighted by atomic mass is 10.1. The van der Waals surface area contributed by atoms with E-state index in [0.717, 1.165) is 0 Å². The van der Waals surface area contributed by atoms with Gasteiger partial charge in [-0.3, -0.25) is 19.1 Å². The molecule has 0 radical (unpaired) electrons. The highest BCUT2D eigenvalue weighted by atomic mass is 19.1. The van der Waals surface area contributed by atoms with Gasteiger partial charge in [-0.25, -0.2) is 4.39 Å². The second-order valence-electron chi connectivity index (χ2n) is 7.50. The summed E-state index contributed by atoms with van der Waals surface area (Å²) in [5.74, 6) is -3.27. The summed E-state index contributed by atoms with van der Waals surface area (Å²) in [5, 5.41) is 6.89. The molecule has 1 aromatic carbocycles. The van der Waals surface area contributed by atoms with E-state index in [1.54, 1.807) is 24.3 Å². The van der Waals surface area contributed by atoms with Gasteiger partial charge in [-0.15, -0.1) is 0 Å². The van der Waals surface area contributed by atoms with Gasteiger partial charge < -0.3 is 16.0 Å². The predicted molar refractivity (Wildman–Crippen MR) is 108 cm³/mol. The van der Waals surface area contributed by atoms with Crippen molar-refractivity contribution in [3.63, 3.8) is 0 Å². The number of piperidine rings is 1. The van der Waals surface area contributed by atoms with E-state index < -0.39 is 55.4 Å². The molecule has 3 N–H and O–H groups in total. The number of aromatic nitrogens is 2. The van der Waals surface area contributed by atoms with Crippen LogP contribution in [0.4, 0.5) is 4.39 Å². The highest BCUT2D eigenvalue weighted by Crippen LogP contribution is 2.48. The quantitative estimate of drug-likeness (QED) is 0.739. The Hall–Kier alpha value is -3.23. The van der Waals surface area contributed by atoms with Crippen molar-refractivity contribution < 1.29 is 27.0 Å². The summed E-state index contributed by atoms with van der Waals surface area (Å²) >= 11 is 0. The largest absolute Gasteiger partial charge is 0.364 e. The zero-order valence-electron chi connectivity index (χ0n) is 21.9. The van der Waals surface area contributed by atoms with E-state index in [4.69, 9.17) is 14.0 Å². The Labute approximate surface area is 181 Å². The van der Waals surface area contributed by atoms with E-state index in [9.17, 15) is 18.8 Å². The lowest BCUT2D eigenvalue weighted by Crippen LogP contribution is -2.49. The maximum atomic E-state index is 14.6. The number of carbonyl (C=O) groups excluding carboxylic acids is 3. The van der Waals surface area contributed by atoms with Crippen LogP contribution < -0.4 is 11.1 Å². The summed E-state index contributed by atoms with van der Waals surface area (Å²) in [7, 11) is 0. The average Bonchev–Trinajstić information content (AvgIpc) is 3.25. The molecule has 1 saturated carbocycles. The van der Waals surface area contributed by atoms with E-state index >= 15 is 0 Å². The number of halogens is 1.